The lowest BCUT2D eigenvalue weighted by molar-refractivity contribution is 1.51. The number of aryl methyl sites for hydroxylation is 1. The number of hydrogen-bond donors (Lipinski definition) is 0. The maximum atomic E-state index is 2.34. The highest BCUT2D eigenvalue weighted by Gasteiger charge is 2.07. The Morgan fingerprint density at radius 1 is 0.283 bits per heavy atom. The van der Waals surface area contributed by atoms with Crippen LogP contribution < -0.4 is 72.6 Å². The van der Waals surface area contributed by atoms with Crippen molar-refractivity contribution >= 4 is 216 Å². The zero-order valence-electron chi connectivity index (χ0n) is 35.5. The molecule has 6 aromatic carbocycles. The number of benzene rings is 6. The smallest absolute Gasteiger partial charge is 0.0386 e. The predicted molar refractivity (Wildman–Crippen MR) is 309 cm³/mol. The third-order valence-corrected chi connectivity index (χ3v) is 28.6. The van der Waals surface area contributed by atoms with E-state index in [2.05, 4.69) is 129 Å². The van der Waals surface area contributed by atoms with Crippen LogP contribution in [0.3, 0.4) is 0 Å². The Labute approximate surface area is 366 Å². The standard InChI is InChI=1S/C7H18Si5.C7H12Si2.3C6H10Si2.C6H8Si.CH4/c1-2-3(8)5(10)7(12)6(11)4(2)9;1-5-2-6(8)4-7(9)3-5;7-5-1-2-6(8)4-3-5;7-5-2-1-3-6(8)4-5;7-5-3-1-2-4-6(5)8;7-6-4-2-1-3-5-6;/h1,8-12H3;2-4H,1,8-9H3;3*1-4H,7-8H3;1-5H,7H3;1H4. The maximum absolute atomic E-state index is 2.34. The van der Waals surface area contributed by atoms with Crippen molar-refractivity contribution in [3.8, 4) is 0 Å². The summed E-state index contributed by atoms with van der Waals surface area (Å²) in [4.78, 5) is 0. The minimum absolute atomic E-state index is 0. The van der Waals surface area contributed by atoms with Gasteiger partial charge in [-0.3, -0.25) is 0 Å². The summed E-state index contributed by atoms with van der Waals surface area (Å²) in [7, 11) is 17.1. The Balaban J connectivity index is 0.000000615. The zero-order valence-corrected chi connectivity index (χ0v) is 63.5. The van der Waals surface area contributed by atoms with Gasteiger partial charge in [0.05, 0.1) is 0 Å². The molecule has 0 bridgehead atoms. The Morgan fingerprint density at radius 2 is 0.585 bits per heavy atom. The lowest BCUT2D eigenvalue weighted by atomic mass is 10.2. The van der Waals surface area contributed by atoms with Crippen molar-refractivity contribution < 1.29 is 0 Å². The molecule has 0 aliphatic carbocycles. The van der Waals surface area contributed by atoms with Gasteiger partial charge in [-0.15, -0.1) is 0 Å². The molecule has 284 valence electrons. The van der Waals surface area contributed by atoms with Gasteiger partial charge in [0, 0.05) is 143 Å². The fourth-order valence-corrected chi connectivity index (χ4v) is 17.3. The fraction of sp³-hybridized carbons (Fsp3) is 0.0769. The van der Waals surface area contributed by atoms with Gasteiger partial charge < -0.3 is 0 Å². The van der Waals surface area contributed by atoms with Crippen LogP contribution in [0, 0.1) is 13.8 Å². The molecular formula is C39H72Si14. The van der Waals surface area contributed by atoms with Gasteiger partial charge in [0.2, 0.25) is 0 Å². The zero-order chi connectivity index (χ0) is 39.4. The first-order valence-electron chi connectivity index (χ1n) is 18.6. The molecule has 0 nitrogen and oxygen atoms in total. The molecule has 0 spiro atoms. The van der Waals surface area contributed by atoms with Gasteiger partial charge in [0.25, 0.3) is 0 Å². The van der Waals surface area contributed by atoms with Crippen molar-refractivity contribution in [2.45, 2.75) is 21.3 Å². The first kappa shape index (κ1) is 51.4. The third kappa shape index (κ3) is 21.9. The highest BCUT2D eigenvalue weighted by Crippen LogP contribution is 1.87. The molecule has 0 N–H and O–H groups in total. The number of rotatable bonds is 0. The van der Waals surface area contributed by atoms with Crippen molar-refractivity contribution in [2.75, 3.05) is 0 Å². The molecular weight excluding hydrogens is 862 g/mol. The summed E-state index contributed by atoms with van der Waals surface area (Å²) < 4.78 is 0. The summed E-state index contributed by atoms with van der Waals surface area (Å²) >= 11 is 0. The van der Waals surface area contributed by atoms with Crippen molar-refractivity contribution in [1.29, 1.82) is 0 Å². The van der Waals surface area contributed by atoms with Crippen LogP contribution in [0.2, 0.25) is 0 Å². The lowest BCUT2D eigenvalue weighted by Gasteiger charge is -2.16. The van der Waals surface area contributed by atoms with E-state index in [0.29, 0.717) is 0 Å². The molecule has 0 heterocycles. The van der Waals surface area contributed by atoms with Gasteiger partial charge >= 0.3 is 0 Å². The Morgan fingerprint density at radius 3 is 0.868 bits per heavy atom. The van der Waals surface area contributed by atoms with Crippen LogP contribution in [0.25, 0.3) is 0 Å². The third-order valence-electron chi connectivity index (χ3n) is 9.50. The van der Waals surface area contributed by atoms with E-state index in [1.54, 1.807) is 41.9 Å². The summed E-state index contributed by atoms with van der Waals surface area (Å²) in [6.45, 7) is 4.51. The minimum Gasteiger partial charge on any atom is -0.0776 e. The molecule has 6 aromatic rings. The van der Waals surface area contributed by atoms with Gasteiger partial charge in [-0.2, -0.15) is 0 Å². The van der Waals surface area contributed by atoms with Gasteiger partial charge in [-0.1, -0.05) is 212 Å². The van der Waals surface area contributed by atoms with Crippen molar-refractivity contribution in [1.82, 2.24) is 0 Å². The summed E-state index contributed by atoms with van der Waals surface area (Å²) in [5.74, 6) is 0. The SMILES string of the molecule is C.Cc1c([SiH3])c([SiH3])c([SiH3])c([SiH3])c1[SiH3].Cc1cc([SiH3])cc([SiH3])c1.[SiH3]c1ccc([SiH3])cc1.[SiH3]c1cccc([SiH3])c1.[SiH3]c1ccccc1.[SiH3]c1ccccc1[SiH3]. The van der Waals surface area contributed by atoms with E-state index < -0.39 is 0 Å². The van der Waals surface area contributed by atoms with E-state index >= 15 is 0 Å². The summed E-state index contributed by atoms with van der Waals surface area (Å²) in [6.07, 6.45) is 0. The van der Waals surface area contributed by atoms with Crippen LogP contribution in [-0.2, 0) is 0 Å². The van der Waals surface area contributed by atoms with Crippen LogP contribution in [0.4, 0.5) is 0 Å². The maximum Gasteiger partial charge on any atom is 0.0386 e. The van der Waals surface area contributed by atoms with Crippen molar-refractivity contribution in [3.05, 3.63) is 132 Å². The Bertz CT molecular complexity index is 1730. The summed E-state index contributed by atoms with van der Waals surface area (Å²) in [5.41, 5.74) is 3.09. The normalized spacial score (nSPS) is 10.2. The quantitative estimate of drug-likeness (QED) is 0.133. The van der Waals surface area contributed by atoms with E-state index in [0.717, 1.165) is 0 Å². The van der Waals surface area contributed by atoms with Gasteiger partial charge in [-0.05, 0) is 13.8 Å². The first-order chi connectivity index (χ1) is 24.4. The average molecular weight is 934 g/mol. The van der Waals surface area contributed by atoms with Crippen molar-refractivity contribution in [2.24, 2.45) is 0 Å². The van der Waals surface area contributed by atoms with E-state index in [1.165, 1.54) is 185 Å². The lowest BCUT2D eigenvalue weighted by Crippen LogP contribution is -2.55. The molecule has 14 heteroatoms. The molecule has 0 radical (unpaired) electrons. The second-order valence-electron chi connectivity index (χ2n) is 14.5. The monoisotopic (exact) mass is 932 g/mol. The molecule has 0 fully saturated rings. The average Bonchev–Trinajstić information content (AvgIpc) is 3.09. The van der Waals surface area contributed by atoms with Crippen LogP contribution in [0.5, 0.6) is 0 Å². The molecule has 0 amide bonds. The topological polar surface area (TPSA) is 0 Å². The van der Waals surface area contributed by atoms with E-state index in [4.69, 9.17) is 0 Å². The van der Waals surface area contributed by atoms with Crippen LogP contribution in [0.15, 0.2) is 121 Å². The largest absolute Gasteiger partial charge is 0.0776 e. The highest BCUT2D eigenvalue weighted by molar-refractivity contribution is 6.67. The molecule has 0 aliphatic heterocycles. The first-order valence-corrected chi connectivity index (χ1v) is 32.6. The summed E-state index contributed by atoms with van der Waals surface area (Å²) in [5, 5.41) is 22.5. The molecule has 0 saturated heterocycles. The van der Waals surface area contributed by atoms with E-state index in [1.807, 2.05) is 6.07 Å². The number of hydrogen-bond acceptors (Lipinski definition) is 0. The van der Waals surface area contributed by atoms with E-state index in [9.17, 15) is 0 Å². The molecule has 0 aromatic heterocycles. The van der Waals surface area contributed by atoms with E-state index in [-0.39, 0.29) is 7.43 Å². The summed E-state index contributed by atoms with van der Waals surface area (Å²) in [6, 6.07) is 43.7. The van der Waals surface area contributed by atoms with Gasteiger partial charge in [0.1, 0.15) is 0 Å². The molecule has 6 rings (SSSR count). The van der Waals surface area contributed by atoms with Crippen LogP contribution in [-0.4, -0.2) is 143 Å². The fourth-order valence-electron chi connectivity index (χ4n) is 5.53. The Kier molecular flexibility index (Phi) is 27.0. The van der Waals surface area contributed by atoms with Crippen LogP contribution >= 0.6 is 0 Å². The van der Waals surface area contributed by atoms with Gasteiger partial charge in [-0.25, -0.2) is 0 Å². The molecule has 0 atom stereocenters. The molecule has 0 saturated carbocycles. The second kappa shape index (κ2) is 27.9. The second-order valence-corrected chi connectivity index (χ2v) is 29.7. The van der Waals surface area contributed by atoms with Crippen molar-refractivity contribution in [3.63, 3.8) is 0 Å². The Hall–Kier alpha value is -1.64. The minimum atomic E-state index is 0. The van der Waals surface area contributed by atoms with Gasteiger partial charge in [0.15, 0.2) is 0 Å². The molecule has 53 heavy (non-hydrogen) atoms. The molecule has 0 aliphatic rings. The molecule has 0 unspecified atom stereocenters. The predicted octanol–water partition coefficient (Wildman–Crippen LogP) is -16.8. The van der Waals surface area contributed by atoms with Crippen LogP contribution in [0.1, 0.15) is 18.6 Å². The highest BCUT2D eigenvalue weighted by atomic mass is 28.2.